The molecule has 0 amide bonds. The van der Waals surface area contributed by atoms with E-state index in [9.17, 15) is 0 Å². The Bertz CT molecular complexity index is 5780. The lowest BCUT2D eigenvalue weighted by atomic mass is 9.74. The summed E-state index contributed by atoms with van der Waals surface area (Å²) in [4.78, 5) is 4.95. The standard InChI is InChI=1S/C98H72N2/c1-97(2)89-60-57-78(63-87(89)95-84(40-24-42-91(95)97)70-31-12-6-13-32-70)100(94-45-23-21-38-83(94)69-29-10-5-11-30-69)77-55-50-72(51-56-77)81-59-52-75(80-36-18-19-39-86(80)81)65-98(3)90-61-58-79(64-88(90)96-85(41-25-43-92(96)98)71-33-14-7-15-34-71)99(93-44-22-20-37-82(93)68-27-8-4-9-28-68)76-53-48-67(49-54-76)74-47-46-66-26-16-17-35-73(66)62-74/h4-64H,65H2,1-3H3. The lowest BCUT2D eigenvalue weighted by molar-refractivity contribution is 0.585. The van der Waals surface area contributed by atoms with Crippen molar-refractivity contribution in [3.63, 3.8) is 0 Å². The third-order valence-corrected chi connectivity index (χ3v) is 21.6. The van der Waals surface area contributed by atoms with Crippen LogP contribution in [0.15, 0.2) is 370 Å². The first-order chi connectivity index (χ1) is 49.2. The summed E-state index contributed by atoms with van der Waals surface area (Å²) >= 11 is 0. The smallest absolute Gasteiger partial charge is 0.0540 e. The van der Waals surface area contributed by atoms with Gasteiger partial charge in [0, 0.05) is 44.7 Å². The van der Waals surface area contributed by atoms with Crippen molar-refractivity contribution >= 4 is 55.7 Å². The number of rotatable bonds is 14. The Balaban J connectivity index is 0.741. The maximum atomic E-state index is 2.49. The highest BCUT2D eigenvalue weighted by molar-refractivity contribution is 6.02. The molecular weight excluding hydrogens is 1210 g/mol. The number of anilines is 6. The fourth-order valence-electron chi connectivity index (χ4n) is 16.7. The van der Waals surface area contributed by atoms with Gasteiger partial charge in [0.2, 0.25) is 0 Å². The first-order valence-corrected chi connectivity index (χ1v) is 35.0. The predicted molar refractivity (Wildman–Crippen MR) is 423 cm³/mol. The summed E-state index contributed by atoms with van der Waals surface area (Å²) in [6.45, 7) is 7.25. The Labute approximate surface area is 586 Å². The van der Waals surface area contributed by atoms with Crippen molar-refractivity contribution < 1.29 is 0 Å². The minimum atomic E-state index is -0.397. The van der Waals surface area contributed by atoms with E-state index >= 15 is 0 Å². The van der Waals surface area contributed by atoms with Gasteiger partial charge in [-0.1, -0.05) is 324 Å². The second kappa shape index (κ2) is 24.6. The number of nitrogens with zero attached hydrogens (tertiary/aromatic N) is 2. The molecule has 16 aromatic rings. The molecule has 0 fully saturated rings. The van der Waals surface area contributed by atoms with E-state index in [0.717, 1.165) is 40.5 Å². The van der Waals surface area contributed by atoms with Gasteiger partial charge in [-0.05, 0) is 200 Å². The average Bonchev–Trinajstić information content (AvgIpc) is 1.56. The molecule has 0 bridgehead atoms. The first kappa shape index (κ1) is 60.1. The van der Waals surface area contributed by atoms with Gasteiger partial charge < -0.3 is 9.80 Å². The molecular formula is C98H72N2. The third kappa shape index (κ3) is 10.3. The van der Waals surface area contributed by atoms with Gasteiger partial charge in [0.05, 0.1) is 11.4 Å². The molecule has 18 rings (SSSR count). The van der Waals surface area contributed by atoms with Gasteiger partial charge in [0.15, 0.2) is 0 Å². The Hall–Kier alpha value is -12.4. The van der Waals surface area contributed by atoms with Gasteiger partial charge in [-0.3, -0.25) is 0 Å². The molecule has 2 nitrogen and oxygen atoms in total. The number of benzene rings is 16. The largest absolute Gasteiger partial charge is 0.310 e. The first-order valence-electron chi connectivity index (χ1n) is 35.0. The van der Waals surface area contributed by atoms with Crippen molar-refractivity contribution in [2.24, 2.45) is 0 Å². The summed E-state index contributed by atoms with van der Waals surface area (Å²) in [7, 11) is 0. The van der Waals surface area contributed by atoms with Crippen molar-refractivity contribution in [3.05, 3.63) is 398 Å². The lowest BCUT2D eigenvalue weighted by Crippen LogP contribution is -2.24. The van der Waals surface area contributed by atoms with Crippen LogP contribution in [0.4, 0.5) is 34.1 Å². The van der Waals surface area contributed by atoms with Crippen LogP contribution in [0.3, 0.4) is 0 Å². The highest BCUT2D eigenvalue weighted by Crippen LogP contribution is 2.58. The molecule has 0 N–H and O–H groups in total. The van der Waals surface area contributed by atoms with Crippen LogP contribution in [0, 0.1) is 0 Å². The summed E-state index contributed by atoms with van der Waals surface area (Å²) in [6.07, 6.45) is 0.798. The summed E-state index contributed by atoms with van der Waals surface area (Å²) in [6, 6.07) is 137. The molecule has 1 atom stereocenters. The molecule has 0 aromatic heterocycles. The SMILES string of the molecule is CC1(C)c2ccc(N(c3ccc(-c4ccc(CC5(C)c6ccc(N(c7ccc(-c8ccc9ccccc9c8)cc7)c7ccccc7-c7ccccc7)cc6-c6c(-c7ccccc7)cccc65)c5ccccc45)cc3)c3ccccc3-c3ccccc3)cc2-c2c(-c3ccccc3)cccc21. The monoisotopic (exact) mass is 1280 g/mol. The molecule has 0 radical (unpaired) electrons. The molecule has 0 saturated carbocycles. The van der Waals surface area contributed by atoms with Gasteiger partial charge in [0.25, 0.3) is 0 Å². The van der Waals surface area contributed by atoms with Crippen LogP contribution < -0.4 is 9.80 Å². The fraction of sp³-hybridized carbons (Fsp3) is 0.0612. The molecule has 0 heterocycles. The zero-order valence-corrected chi connectivity index (χ0v) is 56.3. The molecule has 2 aliphatic carbocycles. The van der Waals surface area contributed by atoms with E-state index in [1.54, 1.807) is 0 Å². The van der Waals surface area contributed by atoms with Gasteiger partial charge in [-0.25, -0.2) is 0 Å². The molecule has 0 saturated heterocycles. The van der Waals surface area contributed by atoms with E-state index in [0.29, 0.717) is 0 Å². The van der Waals surface area contributed by atoms with E-state index in [2.05, 4.69) is 401 Å². The van der Waals surface area contributed by atoms with Crippen molar-refractivity contribution in [2.45, 2.75) is 38.0 Å². The average molecular weight is 1280 g/mol. The van der Waals surface area contributed by atoms with Gasteiger partial charge >= 0.3 is 0 Å². The highest BCUT2D eigenvalue weighted by atomic mass is 15.2. The van der Waals surface area contributed by atoms with E-state index in [-0.39, 0.29) is 5.41 Å². The van der Waals surface area contributed by atoms with Gasteiger partial charge in [0.1, 0.15) is 0 Å². The number of fused-ring (bicyclic) bond motifs is 8. The summed E-state index contributed by atoms with van der Waals surface area (Å²) < 4.78 is 0. The van der Waals surface area contributed by atoms with E-state index in [1.807, 2.05) is 0 Å². The van der Waals surface area contributed by atoms with Gasteiger partial charge in [-0.15, -0.1) is 0 Å². The zero-order valence-electron chi connectivity index (χ0n) is 56.3. The van der Waals surface area contributed by atoms with Crippen LogP contribution in [0.5, 0.6) is 0 Å². The molecule has 16 aromatic carbocycles. The second-order valence-electron chi connectivity index (χ2n) is 27.7. The van der Waals surface area contributed by atoms with E-state index < -0.39 is 5.41 Å². The van der Waals surface area contributed by atoms with Crippen molar-refractivity contribution in [3.8, 4) is 89.0 Å². The zero-order chi connectivity index (χ0) is 66.9. The van der Waals surface area contributed by atoms with Crippen molar-refractivity contribution in [1.29, 1.82) is 0 Å². The maximum Gasteiger partial charge on any atom is 0.0540 e. The second-order valence-corrected chi connectivity index (χ2v) is 27.7. The van der Waals surface area contributed by atoms with Crippen molar-refractivity contribution in [2.75, 3.05) is 9.80 Å². The third-order valence-electron chi connectivity index (χ3n) is 21.6. The number of hydrogen-bond acceptors (Lipinski definition) is 2. The predicted octanol–water partition coefficient (Wildman–Crippen LogP) is 26.8. The van der Waals surface area contributed by atoms with Crippen LogP contribution in [0.2, 0.25) is 0 Å². The van der Waals surface area contributed by atoms with Crippen LogP contribution in [-0.2, 0) is 17.3 Å². The van der Waals surface area contributed by atoms with Crippen LogP contribution in [-0.4, -0.2) is 0 Å². The van der Waals surface area contributed by atoms with Gasteiger partial charge in [-0.2, -0.15) is 0 Å². The minimum absolute atomic E-state index is 0.172. The summed E-state index contributed by atoms with van der Waals surface area (Å²) in [5.41, 5.74) is 32.3. The Morgan fingerprint density at radius 2 is 0.640 bits per heavy atom. The molecule has 474 valence electrons. The minimum Gasteiger partial charge on any atom is -0.310 e. The van der Waals surface area contributed by atoms with Crippen molar-refractivity contribution in [1.82, 2.24) is 0 Å². The fourth-order valence-corrected chi connectivity index (χ4v) is 16.7. The maximum absolute atomic E-state index is 2.49. The molecule has 1 unspecified atom stereocenters. The molecule has 0 spiro atoms. The normalized spacial score (nSPS) is 13.9. The molecule has 0 aliphatic heterocycles. The Morgan fingerprint density at radius 1 is 0.230 bits per heavy atom. The van der Waals surface area contributed by atoms with E-state index in [1.165, 1.54) is 138 Å². The van der Waals surface area contributed by atoms with Crippen LogP contribution in [0.1, 0.15) is 48.6 Å². The Morgan fingerprint density at radius 3 is 1.21 bits per heavy atom. The number of hydrogen-bond donors (Lipinski definition) is 0. The van der Waals surface area contributed by atoms with Crippen LogP contribution in [0.25, 0.3) is 111 Å². The molecule has 2 aliphatic rings. The number of para-hydroxylation sites is 2. The summed E-state index contributed by atoms with van der Waals surface area (Å²) in [5.74, 6) is 0. The Kier molecular flexibility index (Phi) is 14.8. The topological polar surface area (TPSA) is 6.48 Å². The van der Waals surface area contributed by atoms with Crippen LogP contribution >= 0.6 is 0 Å². The van der Waals surface area contributed by atoms with E-state index in [4.69, 9.17) is 0 Å². The molecule has 100 heavy (non-hydrogen) atoms. The molecule has 2 heteroatoms. The summed E-state index contributed by atoms with van der Waals surface area (Å²) in [5, 5.41) is 4.98. The lowest BCUT2D eigenvalue weighted by Gasteiger charge is -2.31. The quantitative estimate of drug-likeness (QED) is 0.107. The highest BCUT2D eigenvalue weighted by Gasteiger charge is 2.42.